The lowest BCUT2D eigenvalue weighted by Crippen LogP contribution is -2.43. The summed E-state index contributed by atoms with van der Waals surface area (Å²) < 4.78 is 4.95. The Kier molecular flexibility index (Phi) is 6.28. The first-order valence-electron chi connectivity index (χ1n) is 8.14. The summed E-state index contributed by atoms with van der Waals surface area (Å²) in [7, 11) is 0. The molecule has 130 valence electrons. The molecule has 1 aliphatic carbocycles. The molecule has 1 aromatic carbocycles. The summed E-state index contributed by atoms with van der Waals surface area (Å²) >= 11 is 0. The number of nitrogens with one attached hydrogen (secondary N) is 1. The number of carbonyl (C=O) groups excluding carboxylic acids is 2. The van der Waals surface area contributed by atoms with Gasteiger partial charge in [0.2, 0.25) is 0 Å². The molecule has 1 N–H and O–H groups in total. The topological polar surface area (TPSA) is 98.5 Å². The summed E-state index contributed by atoms with van der Waals surface area (Å²) in [5.74, 6) is -0.564. The third-order valence-electron chi connectivity index (χ3n) is 4.35. The minimum Gasteiger partial charge on any atom is -0.455 e. The number of benzene rings is 1. The zero-order valence-electron chi connectivity index (χ0n) is 13.7. The molecule has 2 atom stereocenters. The number of amides is 1. The molecule has 0 aliphatic heterocycles. The van der Waals surface area contributed by atoms with E-state index in [2.05, 4.69) is 12.2 Å². The summed E-state index contributed by atoms with van der Waals surface area (Å²) in [5, 5.41) is 13.8. The maximum absolute atomic E-state index is 11.9. The molecular formula is C17H22N2O5. The Morgan fingerprint density at radius 1 is 1.29 bits per heavy atom. The van der Waals surface area contributed by atoms with Gasteiger partial charge in [-0.25, -0.2) is 0 Å². The number of carbonyl (C=O) groups is 2. The van der Waals surface area contributed by atoms with Gasteiger partial charge in [0.25, 0.3) is 11.6 Å². The number of esters is 1. The third kappa shape index (κ3) is 5.04. The van der Waals surface area contributed by atoms with Crippen molar-refractivity contribution in [3.05, 3.63) is 39.9 Å². The van der Waals surface area contributed by atoms with Crippen LogP contribution in [0, 0.1) is 16.0 Å². The molecule has 7 nitrogen and oxygen atoms in total. The van der Waals surface area contributed by atoms with Crippen molar-refractivity contribution in [1.82, 2.24) is 5.32 Å². The lowest BCUT2D eigenvalue weighted by atomic mass is 9.86. The zero-order valence-corrected chi connectivity index (χ0v) is 13.7. The Bertz CT molecular complexity index is 617. The highest BCUT2D eigenvalue weighted by atomic mass is 16.6. The predicted octanol–water partition coefficient (Wildman–Crippen LogP) is 2.38. The SMILES string of the molecule is C[C@@H]1CCCC[C@@H]1NC(=O)COC(=O)Cc1ccccc1[N+](=O)[O-]. The molecule has 7 heteroatoms. The molecule has 0 bridgehead atoms. The Labute approximate surface area is 140 Å². The highest BCUT2D eigenvalue weighted by Gasteiger charge is 2.23. The highest BCUT2D eigenvalue weighted by Crippen LogP contribution is 2.23. The fourth-order valence-electron chi connectivity index (χ4n) is 2.97. The normalized spacial score (nSPS) is 20.2. The molecule has 0 heterocycles. The number of para-hydroxylation sites is 1. The summed E-state index contributed by atoms with van der Waals surface area (Å²) in [6, 6.07) is 6.11. The molecule has 0 spiro atoms. The van der Waals surface area contributed by atoms with Crippen molar-refractivity contribution in [2.24, 2.45) is 5.92 Å². The van der Waals surface area contributed by atoms with Crippen LogP contribution in [0.25, 0.3) is 0 Å². The summed E-state index contributed by atoms with van der Waals surface area (Å²) in [6.07, 6.45) is 4.06. The van der Waals surface area contributed by atoms with E-state index in [1.807, 2.05) is 0 Å². The molecular weight excluding hydrogens is 312 g/mol. The summed E-state index contributed by atoms with van der Waals surface area (Å²) in [5.41, 5.74) is 0.142. The Morgan fingerprint density at radius 3 is 2.71 bits per heavy atom. The van der Waals surface area contributed by atoms with Crippen molar-refractivity contribution in [2.75, 3.05) is 6.61 Å². The van der Waals surface area contributed by atoms with Gasteiger partial charge in [0.15, 0.2) is 6.61 Å². The summed E-state index contributed by atoms with van der Waals surface area (Å²) in [6.45, 7) is 1.74. The van der Waals surface area contributed by atoms with Gasteiger partial charge in [-0.2, -0.15) is 0 Å². The van der Waals surface area contributed by atoms with E-state index >= 15 is 0 Å². The molecule has 24 heavy (non-hydrogen) atoms. The number of nitrogens with zero attached hydrogens (tertiary/aromatic N) is 1. The van der Waals surface area contributed by atoms with Crippen LogP contribution in [0.1, 0.15) is 38.2 Å². The van der Waals surface area contributed by atoms with Crippen LogP contribution in [0.2, 0.25) is 0 Å². The fraction of sp³-hybridized carbons (Fsp3) is 0.529. The number of ether oxygens (including phenoxy) is 1. The standard InChI is InChI=1S/C17H22N2O5/c1-12-6-2-4-8-14(12)18-16(20)11-24-17(21)10-13-7-3-5-9-15(13)19(22)23/h3,5,7,9,12,14H,2,4,6,8,10-11H2,1H3,(H,18,20)/t12-,14+/m1/s1. The number of nitro benzene ring substituents is 1. The van der Waals surface area contributed by atoms with Gasteiger partial charge >= 0.3 is 5.97 Å². The molecule has 1 amide bonds. The van der Waals surface area contributed by atoms with Crippen LogP contribution in [0.3, 0.4) is 0 Å². The molecule has 0 unspecified atom stereocenters. The second kappa shape index (κ2) is 8.42. The van der Waals surface area contributed by atoms with Crippen LogP contribution in [-0.2, 0) is 20.7 Å². The van der Waals surface area contributed by atoms with Crippen LogP contribution in [0.5, 0.6) is 0 Å². The summed E-state index contributed by atoms with van der Waals surface area (Å²) in [4.78, 5) is 34.1. The van der Waals surface area contributed by atoms with Crippen LogP contribution in [-0.4, -0.2) is 29.4 Å². The van der Waals surface area contributed by atoms with Crippen molar-refractivity contribution < 1.29 is 19.2 Å². The van der Waals surface area contributed by atoms with Gasteiger partial charge < -0.3 is 10.1 Å². The van der Waals surface area contributed by atoms with E-state index in [9.17, 15) is 19.7 Å². The Hall–Kier alpha value is -2.44. The van der Waals surface area contributed by atoms with Gasteiger partial charge in [-0.15, -0.1) is 0 Å². The first-order valence-corrected chi connectivity index (χ1v) is 8.14. The second-order valence-electron chi connectivity index (χ2n) is 6.16. The largest absolute Gasteiger partial charge is 0.455 e. The van der Waals surface area contributed by atoms with Crippen LogP contribution in [0.4, 0.5) is 5.69 Å². The monoisotopic (exact) mass is 334 g/mol. The van der Waals surface area contributed by atoms with Gasteiger partial charge in [0, 0.05) is 17.7 Å². The van der Waals surface area contributed by atoms with Crippen molar-refractivity contribution >= 4 is 17.6 Å². The molecule has 0 radical (unpaired) electrons. The molecule has 1 aromatic rings. The molecule has 1 fully saturated rings. The van der Waals surface area contributed by atoms with Gasteiger partial charge in [-0.3, -0.25) is 19.7 Å². The van der Waals surface area contributed by atoms with Gasteiger partial charge in [-0.1, -0.05) is 38.0 Å². The van der Waals surface area contributed by atoms with E-state index in [1.165, 1.54) is 24.6 Å². The van der Waals surface area contributed by atoms with E-state index in [1.54, 1.807) is 6.07 Å². The van der Waals surface area contributed by atoms with Crippen LogP contribution >= 0.6 is 0 Å². The second-order valence-corrected chi connectivity index (χ2v) is 6.16. The average Bonchev–Trinajstić information content (AvgIpc) is 2.55. The lowest BCUT2D eigenvalue weighted by Gasteiger charge is -2.29. The van der Waals surface area contributed by atoms with E-state index in [0.29, 0.717) is 5.92 Å². The van der Waals surface area contributed by atoms with E-state index < -0.39 is 10.9 Å². The maximum Gasteiger partial charge on any atom is 0.311 e. The van der Waals surface area contributed by atoms with Crippen molar-refractivity contribution in [1.29, 1.82) is 0 Å². The quantitative estimate of drug-likeness (QED) is 0.489. The lowest BCUT2D eigenvalue weighted by molar-refractivity contribution is -0.385. The molecule has 1 saturated carbocycles. The Balaban J connectivity index is 1.81. The first-order chi connectivity index (χ1) is 11.5. The van der Waals surface area contributed by atoms with Crippen molar-refractivity contribution in [3.8, 4) is 0 Å². The third-order valence-corrected chi connectivity index (χ3v) is 4.35. The van der Waals surface area contributed by atoms with E-state index in [0.717, 1.165) is 19.3 Å². The number of nitro groups is 1. The number of hydrogen-bond acceptors (Lipinski definition) is 5. The van der Waals surface area contributed by atoms with Gasteiger partial charge in [0.1, 0.15) is 0 Å². The fourth-order valence-corrected chi connectivity index (χ4v) is 2.97. The van der Waals surface area contributed by atoms with Crippen LogP contribution in [0.15, 0.2) is 24.3 Å². The smallest absolute Gasteiger partial charge is 0.311 e. The van der Waals surface area contributed by atoms with Crippen LogP contribution < -0.4 is 5.32 Å². The number of hydrogen-bond donors (Lipinski definition) is 1. The van der Waals surface area contributed by atoms with E-state index in [-0.39, 0.29) is 36.2 Å². The minimum absolute atomic E-state index is 0.125. The molecule has 2 rings (SSSR count). The first kappa shape index (κ1) is 17.9. The van der Waals surface area contributed by atoms with Crippen molar-refractivity contribution in [2.45, 2.75) is 45.1 Å². The van der Waals surface area contributed by atoms with E-state index in [4.69, 9.17) is 4.74 Å². The predicted molar refractivity (Wildman–Crippen MR) is 87.3 cm³/mol. The highest BCUT2D eigenvalue weighted by molar-refractivity contribution is 5.81. The van der Waals surface area contributed by atoms with Gasteiger partial charge in [-0.05, 0) is 18.8 Å². The zero-order chi connectivity index (χ0) is 17.5. The Morgan fingerprint density at radius 2 is 2.00 bits per heavy atom. The minimum atomic E-state index is -0.656. The average molecular weight is 334 g/mol. The van der Waals surface area contributed by atoms with Gasteiger partial charge in [0.05, 0.1) is 11.3 Å². The maximum atomic E-state index is 11.9. The molecule has 0 saturated heterocycles. The molecule has 0 aromatic heterocycles. The number of rotatable bonds is 6. The molecule has 1 aliphatic rings. The van der Waals surface area contributed by atoms with Crippen molar-refractivity contribution in [3.63, 3.8) is 0 Å².